The average molecular weight is 253 g/mol. The van der Waals surface area contributed by atoms with Crippen LogP contribution in [0, 0.1) is 16.7 Å². The molecule has 0 fully saturated rings. The summed E-state index contributed by atoms with van der Waals surface area (Å²) >= 11 is 0. The summed E-state index contributed by atoms with van der Waals surface area (Å²) in [5, 5.41) is 7.03. The molecular weight excluding hydrogens is 231 g/mol. The molecule has 3 nitrogen and oxygen atoms in total. The number of amidine groups is 1. The van der Waals surface area contributed by atoms with Crippen LogP contribution in [0.25, 0.3) is 0 Å². The maximum absolute atomic E-state index is 12.6. The zero-order chi connectivity index (χ0) is 14.0. The molecule has 3 N–H and O–H groups in total. The molecule has 2 atom stereocenters. The van der Waals surface area contributed by atoms with E-state index in [4.69, 9.17) is 11.1 Å². The molecular formula is C11H22F3N3. The van der Waals surface area contributed by atoms with E-state index < -0.39 is 17.9 Å². The lowest BCUT2D eigenvalue weighted by molar-refractivity contribution is -0.161. The van der Waals surface area contributed by atoms with Gasteiger partial charge in [-0.1, -0.05) is 20.8 Å². The molecule has 0 aliphatic carbocycles. The van der Waals surface area contributed by atoms with E-state index in [0.717, 1.165) is 0 Å². The first kappa shape index (κ1) is 16.2. The van der Waals surface area contributed by atoms with Gasteiger partial charge >= 0.3 is 6.18 Å². The fourth-order valence-electron chi connectivity index (χ4n) is 1.49. The zero-order valence-corrected chi connectivity index (χ0v) is 11.0. The van der Waals surface area contributed by atoms with Crippen molar-refractivity contribution in [3.63, 3.8) is 0 Å². The third-order valence-electron chi connectivity index (χ3n) is 3.16. The van der Waals surface area contributed by atoms with E-state index in [-0.39, 0.29) is 18.0 Å². The normalized spacial score (nSPS) is 17.0. The fourth-order valence-corrected chi connectivity index (χ4v) is 1.49. The highest BCUT2D eigenvalue weighted by atomic mass is 19.4. The molecule has 2 unspecified atom stereocenters. The molecule has 0 heterocycles. The summed E-state index contributed by atoms with van der Waals surface area (Å²) in [6, 6.07) is -0.0355. The lowest BCUT2D eigenvalue weighted by atomic mass is 9.86. The lowest BCUT2D eigenvalue weighted by Gasteiger charge is -2.37. The Balaban J connectivity index is 4.75. The minimum atomic E-state index is -4.46. The Hall–Kier alpha value is -0.780. The molecule has 6 heteroatoms. The predicted octanol–water partition coefficient (Wildman–Crippen LogP) is 2.47. The van der Waals surface area contributed by atoms with Crippen LogP contribution in [0.3, 0.4) is 0 Å². The summed E-state index contributed by atoms with van der Waals surface area (Å²) < 4.78 is 37.9. The molecule has 0 saturated carbocycles. The van der Waals surface area contributed by atoms with Gasteiger partial charge in [0.25, 0.3) is 0 Å². The molecule has 0 aliphatic heterocycles. The molecule has 0 bridgehead atoms. The van der Waals surface area contributed by atoms with Crippen LogP contribution in [0.4, 0.5) is 13.2 Å². The third-order valence-corrected chi connectivity index (χ3v) is 3.16. The van der Waals surface area contributed by atoms with Crippen molar-refractivity contribution < 1.29 is 13.2 Å². The molecule has 17 heavy (non-hydrogen) atoms. The number of hydrogen-bond acceptors (Lipinski definition) is 2. The SMILES string of the molecule is CC(N(C)CC(C(=N)N)C(F)(F)F)C(C)(C)C. The van der Waals surface area contributed by atoms with Gasteiger partial charge in [0, 0.05) is 12.6 Å². The van der Waals surface area contributed by atoms with E-state index in [9.17, 15) is 13.2 Å². The van der Waals surface area contributed by atoms with Crippen LogP contribution in [0.2, 0.25) is 0 Å². The van der Waals surface area contributed by atoms with Crippen molar-refractivity contribution >= 4 is 5.84 Å². The number of halogens is 3. The van der Waals surface area contributed by atoms with E-state index in [1.165, 1.54) is 0 Å². The van der Waals surface area contributed by atoms with Crippen molar-refractivity contribution in [3.8, 4) is 0 Å². The van der Waals surface area contributed by atoms with E-state index in [0.29, 0.717) is 0 Å². The van der Waals surface area contributed by atoms with Crippen LogP contribution in [0.15, 0.2) is 0 Å². The minimum Gasteiger partial charge on any atom is -0.387 e. The van der Waals surface area contributed by atoms with Crippen LogP contribution < -0.4 is 5.73 Å². The van der Waals surface area contributed by atoms with Crippen LogP contribution in [-0.2, 0) is 0 Å². The van der Waals surface area contributed by atoms with Gasteiger partial charge in [-0.3, -0.25) is 5.41 Å². The Morgan fingerprint density at radius 1 is 1.29 bits per heavy atom. The van der Waals surface area contributed by atoms with Crippen LogP contribution >= 0.6 is 0 Å². The molecule has 0 rings (SSSR count). The van der Waals surface area contributed by atoms with E-state index in [1.807, 2.05) is 27.7 Å². The maximum Gasteiger partial charge on any atom is 0.399 e. The third kappa shape index (κ3) is 4.93. The Kier molecular flexibility index (Phi) is 5.01. The molecule has 0 saturated heterocycles. The quantitative estimate of drug-likeness (QED) is 0.597. The largest absolute Gasteiger partial charge is 0.399 e. The zero-order valence-electron chi connectivity index (χ0n) is 11.0. The van der Waals surface area contributed by atoms with Crippen LogP contribution in [-0.4, -0.2) is 36.5 Å². The van der Waals surface area contributed by atoms with Crippen molar-refractivity contribution in [2.24, 2.45) is 17.1 Å². The topological polar surface area (TPSA) is 53.1 Å². The highest BCUT2D eigenvalue weighted by Gasteiger charge is 2.43. The Bertz CT molecular complexity index is 268. The second-order valence-electron chi connectivity index (χ2n) is 5.53. The van der Waals surface area contributed by atoms with Gasteiger partial charge in [-0.25, -0.2) is 0 Å². The van der Waals surface area contributed by atoms with Crippen molar-refractivity contribution in [3.05, 3.63) is 0 Å². The molecule has 0 aromatic carbocycles. The molecule has 0 aromatic heterocycles. The van der Waals surface area contributed by atoms with E-state index in [2.05, 4.69) is 0 Å². The van der Waals surface area contributed by atoms with Gasteiger partial charge in [-0.05, 0) is 19.4 Å². The second kappa shape index (κ2) is 5.25. The smallest absolute Gasteiger partial charge is 0.387 e. The molecule has 0 aromatic rings. The monoisotopic (exact) mass is 253 g/mol. The average Bonchev–Trinajstić information content (AvgIpc) is 2.08. The fraction of sp³-hybridized carbons (Fsp3) is 0.909. The number of nitrogens with two attached hydrogens (primary N) is 1. The van der Waals surface area contributed by atoms with Gasteiger partial charge in [-0.15, -0.1) is 0 Å². The van der Waals surface area contributed by atoms with Crippen molar-refractivity contribution in [2.45, 2.75) is 39.9 Å². The van der Waals surface area contributed by atoms with Crippen molar-refractivity contribution in [2.75, 3.05) is 13.6 Å². The highest BCUT2D eigenvalue weighted by Crippen LogP contribution is 2.29. The standard InChI is InChI=1S/C11H22F3N3/c1-7(10(2,3)4)17(5)6-8(9(15)16)11(12,13)14/h7-8H,6H2,1-5H3,(H3,15,16). The Morgan fingerprint density at radius 3 is 1.94 bits per heavy atom. The first-order valence-corrected chi connectivity index (χ1v) is 5.48. The van der Waals surface area contributed by atoms with Crippen molar-refractivity contribution in [1.29, 1.82) is 5.41 Å². The summed E-state index contributed by atoms with van der Waals surface area (Å²) in [5.74, 6) is -2.72. The number of nitrogens with zero attached hydrogens (tertiary/aromatic N) is 1. The molecule has 0 spiro atoms. The lowest BCUT2D eigenvalue weighted by Crippen LogP contribution is -2.48. The summed E-state index contributed by atoms with van der Waals surface area (Å²) in [6.07, 6.45) is -4.46. The molecule has 0 aliphatic rings. The summed E-state index contributed by atoms with van der Waals surface area (Å²) in [7, 11) is 1.62. The van der Waals surface area contributed by atoms with Gasteiger partial charge in [0.2, 0.25) is 0 Å². The molecule has 0 radical (unpaired) electrons. The molecule has 0 amide bonds. The number of rotatable bonds is 4. The number of nitrogens with one attached hydrogen (secondary N) is 1. The van der Waals surface area contributed by atoms with Gasteiger partial charge < -0.3 is 10.6 Å². The number of hydrogen-bond donors (Lipinski definition) is 2. The molecule has 102 valence electrons. The first-order chi connectivity index (χ1) is 7.37. The van der Waals surface area contributed by atoms with Gasteiger partial charge in [0.05, 0.1) is 0 Å². The van der Waals surface area contributed by atoms with Gasteiger partial charge in [0.1, 0.15) is 11.8 Å². The Labute approximate surface area is 101 Å². The highest BCUT2D eigenvalue weighted by molar-refractivity contribution is 5.80. The van der Waals surface area contributed by atoms with Crippen molar-refractivity contribution in [1.82, 2.24) is 4.90 Å². The van der Waals surface area contributed by atoms with E-state index in [1.54, 1.807) is 11.9 Å². The first-order valence-electron chi connectivity index (χ1n) is 5.48. The van der Waals surface area contributed by atoms with Gasteiger partial charge in [-0.2, -0.15) is 13.2 Å². The summed E-state index contributed by atoms with van der Waals surface area (Å²) in [5.41, 5.74) is 4.89. The minimum absolute atomic E-state index is 0.0355. The predicted molar refractivity (Wildman–Crippen MR) is 63.0 cm³/mol. The Morgan fingerprint density at radius 2 is 1.71 bits per heavy atom. The summed E-state index contributed by atoms with van der Waals surface area (Å²) in [6.45, 7) is 7.48. The summed E-state index contributed by atoms with van der Waals surface area (Å²) in [4.78, 5) is 1.60. The second-order valence-corrected chi connectivity index (χ2v) is 5.53. The van der Waals surface area contributed by atoms with Crippen LogP contribution in [0.5, 0.6) is 0 Å². The van der Waals surface area contributed by atoms with Crippen LogP contribution in [0.1, 0.15) is 27.7 Å². The van der Waals surface area contributed by atoms with E-state index >= 15 is 0 Å². The maximum atomic E-state index is 12.6. The van der Waals surface area contributed by atoms with Gasteiger partial charge in [0.15, 0.2) is 0 Å². The number of alkyl halides is 3.